The molecule has 3 nitrogen and oxygen atoms in total. The zero-order valence-corrected chi connectivity index (χ0v) is 10.9. The lowest BCUT2D eigenvalue weighted by Gasteiger charge is -2.26. The first-order valence-corrected chi connectivity index (χ1v) is 6.90. The van der Waals surface area contributed by atoms with Crippen molar-refractivity contribution in [2.75, 3.05) is 26.3 Å². The Hall–Kier alpha value is -0.900. The van der Waals surface area contributed by atoms with Crippen molar-refractivity contribution in [1.82, 2.24) is 4.90 Å². The second-order valence-corrected chi connectivity index (χ2v) is 5.75. The number of benzene rings is 1. The highest BCUT2D eigenvalue weighted by molar-refractivity contribution is 5.26. The third-order valence-corrected chi connectivity index (χ3v) is 3.95. The molecule has 1 aliphatic heterocycles. The van der Waals surface area contributed by atoms with Crippen molar-refractivity contribution < 1.29 is 4.74 Å². The second kappa shape index (κ2) is 5.00. The number of ether oxygens (including phenoxy) is 1. The molecule has 0 aromatic heterocycles. The summed E-state index contributed by atoms with van der Waals surface area (Å²) in [6.45, 7) is 4.86. The molecule has 3 heteroatoms. The molecule has 2 fully saturated rings. The molecule has 98 valence electrons. The van der Waals surface area contributed by atoms with Gasteiger partial charge in [-0.3, -0.25) is 4.90 Å². The van der Waals surface area contributed by atoms with E-state index in [0.29, 0.717) is 0 Å². The van der Waals surface area contributed by atoms with E-state index in [0.717, 1.165) is 39.3 Å². The average Bonchev–Trinajstić information content (AvgIpc) is 3.08. The van der Waals surface area contributed by atoms with E-state index in [1.807, 2.05) is 0 Å². The largest absolute Gasteiger partial charge is 0.379 e. The maximum atomic E-state index is 6.19. The number of nitrogens with two attached hydrogens (primary N) is 1. The van der Waals surface area contributed by atoms with Crippen molar-refractivity contribution in [3.63, 3.8) is 0 Å². The summed E-state index contributed by atoms with van der Waals surface area (Å²) in [6, 6.07) is 8.91. The summed E-state index contributed by atoms with van der Waals surface area (Å²) in [5.74, 6) is 0. The molecule has 0 radical (unpaired) electrons. The molecule has 2 aliphatic rings. The van der Waals surface area contributed by atoms with E-state index in [4.69, 9.17) is 10.5 Å². The fraction of sp³-hybridized carbons (Fsp3) is 0.600. The fourth-order valence-corrected chi connectivity index (χ4v) is 2.60. The molecule has 0 bridgehead atoms. The average molecular weight is 246 g/mol. The van der Waals surface area contributed by atoms with Gasteiger partial charge in [0.1, 0.15) is 0 Å². The maximum Gasteiger partial charge on any atom is 0.0594 e. The minimum Gasteiger partial charge on any atom is -0.379 e. The van der Waals surface area contributed by atoms with Crippen LogP contribution in [0.3, 0.4) is 0 Å². The first kappa shape index (κ1) is 12.2. The Labute approximate surface area is 109 Å². The minimum atomic E-state index is 0.109. The number of hydrogen-bond donors (Lipinski definition) is 1. The van der Waals surface area contributed by atoms with Crippen molar-refractivity contribution in [1.29, 1.82) is 0 Å². The summed E-state index contributed by atoms with van der Waals surface area (Å²) in [4.78, 5) is 2.46. The van der Waals surface area contributed by atoms with Gasteiger partial charge in [-0.2, -0.15) is 0 Å². The van der Waals surface area contributed by atoms with E-state index in [9.17, 15) is 0 Å². The highest BCUT2D eigenvalue weighted by Gasteiger charge is 2.37. The van der Waals surface area contributed by atoms with Crippen molar-refractivity contribution in [3.05, 3.63) is 35.4 Å². The summed E-state index contributed by atoms with van der Waals surface area (Å²) in [6.07, 6.45) is 3.39. The maximum absolute atomic E-state index is 6.19. The number of hydrogen-bond acceptors (Lipinski definition) is 3. The van der Waals surface area contributed by atoms with E-state index in [1.54, 1.807) is 0 Å². The summed E-state index contributed by atoms with van der Waals surface area (Å²) in [7, 11) is 0. The molecule has 3 rings (SSSR count). The Balaban J connectivity index is 1.62. The van der Waals surface area contributed by atoms with Crippen LogP contribution < -0.4 is 5.73 Å². The van der Waals surface area contributed by atoms with Crippen molar-refractivity contribution in [3.8, 4) is 0 Å². The summed E-state index contributed by atoms with van der Waals surface area (Å²) in [5.41, 5.74) is 9.09. The number of nitrogens with zero attached hydrogens (tertiary/aromatic N) is 1. The predicted octanol–water partition coefficient (Wildman–Crippen LogP) is 1.55. The second-order valence-electron chi connectivity index (χ2n) is 5.75. The molecule has 1 aliphatic carbocycles. The summed E-state index contributed by atoms with van der Waals surface area (Å²) >= 11 is 0. The van der Waals surface area contributed by atoms with Crippen molar-refractivity contribution in [2.45, 2.75) is 31.3 Å². The van der Waals surface area contributed by atoms with Gasteiger partial charge in [0.2, 0.25) is 0 Å². The topological polar surface area (TPSA) is 38.5 Å². The van der Waals surface area contributed by atoms with Gasteiger partial charge in [0.15, 0.2) is 0 Å². The molecule has 0 unspecified atom stereocenters. The minimum absolute atomic E-state index is 0.109. The van der Waals surface area contributed by atoms with Gasteiger partial charge >= 0.3 is 0 Å². The molecule has 2 N–H and O–H groups in total. The Morgan fingerprint density at radius 3 is 2.61 bits per heavy atom. The monoisotopic (exact) mass is 246 g/mol. The molecule has 1 heterocycles. The molecular weight excluding hydrogens is 224 g/mol. The first-order valence-electron chi connectivity index (χ1n) is 6.90. The summed E-state index contributed by atoms with van der Waals surface area (Å²) in [5, 5.41) is 0. The van der Waals surface area contributed by atoms with E-state index < -0.39 is 0 Å². The predicted molar refractivity (Wildman–Crippen MR) is 72.4 cm³/mol. The molecule has 18 heavy (non-hydrogen) atoms. The van der Waals surface area contributed by atoms with Gasteiger partial charge in [-0.25, -0.2) is 0 Å². The van der Waals surface area contributed by atoms with Crippen molar-refractivity contribution in [2.24, 2.45) is 5.73 Å². The number of morpholine rings is 1. The first-order chi connectivity index (χ1) is 8.73. The Morgan fingerprint density at radius 1 is 1.17 bits per heavy atom. The quantitative estimate of drug-likeness (QED) is 0.876. The SMILES string of the molecule is NC1(Cc2cccc(CN3CCOCC3)c2)CC1. The molecule has 1 aromatic rings. The van der Waals surface area contributed by atoms with Crippen LogP contribution in [0.25, 0.3) is 0 Å². The third-order valence-electron chi connectivity index (χ3n) is 3.95. The summed E-state index contributed by atoms with van der Waals surface area (Å²) < 4.78 is 5.38. The van der Waals surface area contributed by atoms with Crippen molar-refractivity contribution >= 4 is 0 Å². The van der Waals surface area contributed by atoms with Crippen LogP contribution in [0.2, 0.25) is 0 Å². The van der Waals surface area contributed by atoms with Gasteiger partial charge in [0, 0.05) is 25.2 Å². The lowest BCUT2D eigenvalue weighted by atomic mass is 10.0. The van der Waals surface area contributed by atoms with Crippen LogP contribution in [-0.2, 0) is 17.7 Å². The highest BCUT2D eigenvalue weighted by atomic mass is 16.5. The Bertz CT molecular complexity index is 409. The molecule has 1 aromatic carbocycles. The zero-order chi connectivity index (χ0) is 12.4. The van der Waals surface area contributed by atoms with Crippen LogP contribution >= 0.6 is 0 Å². The normalized spacial score (nSPS) is 22.9. The van der Waals surface area contributed by atoms with E-state index in [1.165, 1.54) is 24.0 Å². The van der Waals surface area contributed by atoms with Gasteiger partial charge in [-0.1, -0.05) is 24.3 Å². The van der Waals surface area contributed by atoms with Gasteiger partial charge in [-0.15, -0.1) is 0 Å². The molecule has 0 atom stereocenters. The lowest BCUT2D eigenvalue weighted by Crippen LogP contribution is -2.35. The van der Waals surface area contributed by atoms with Gasteiger partial charge in [0.05, 0.1) is 13.2 Å². The van der Waals surface area contributed by atoms with Gasteiger partial charge < -0.3 is 10.5 Å². The smallest absolute Gasteiger partial charge is 0.0594 e. The van der Waals surface area contributed by atoms with Gasteiger partial charge in [-0.05, 0) is 30.4 Å². The Kier molecular flexibility index (Phi) is 3.37. The molecular formula is C15H22N2O. The Morgan fingerprint density at radius 2 is 1.89 bits per heavy atom. The van der Waals surface area contributed by atoms with E-state index in [2.05, 4.69) is 29.2 Å². The van der Waals surface area contributed by atoms with Crippen LogP contribution in [0.4, 0.5) is 0 Å². The standard InChI is InChI=1S/C15H22N2O/c16-15(4-5-15)11-13-2-1-3-14(10-13)12-17-6-8-18-9-7-17/h1-3,10H,4-9,11-12,16H2. The lowest BCUT2D eigenvalue weighted by molar-refractivity contribution is 0.0342. The van der Waals surface area contributed by atoms with Crippen LogP contribution in [0, 0.1) is 0 Å². The zero-order valence-electron chi connectivity index (χ0n) is 10.9. The van der Waals surface area contributed by atoms with Crippen LogP contribution in [0.15, 0.2) is 24.3 Å². The van der Waals surface area contributed by atoms with Crippen LogP contribution in [0.5, 0.6) is 0 Å². The molecule has 1 saturated carbocycles. The molecule has 0 amide bonds. The molecule has 0 spiro atoms. The van der Waals surface area contributed by atoms with Gasteiger partial charge in [0.25, 0.3) is 0 Å². The number of rotatable bonds is 4. The fourth-order valence-electron chi connectivity index (χ4n) is 2.60. The van der Waals surface area contributed by atoms with Crippen LogP contribution in [-0.4, -0.2) is 36.7 Å². The third kappa shape index (κ3) is 3.10. The highest BCUT2D eigenvalue weighted by Crippen LogP contribution is 2.35. The van der Waals surface area contributed by atoms with E-state index in [-0.39, 0.29) is 5.54 Å². The molecule has 1 saturated heterocycles. The van der Waals surface area contributed by atoms with E-state index >= 15 is 0 Å². The van der Waals surface area contributed by atoms with Crippen LogP contribution in [0.1, 0.15) is 24.0 Å².